The molecule has 0 nitrogen and oxygen atoms in total. The van der Waals surface area contributed by atoms with E-state index in [9.17, 15) is 4.39 Å². The van der Waals surface area contributed by atoms with Crippen molar-refractivity contribution >= 4 is 0 Å². The van der Waals surface area contributed by atoms with E-state index in [1.807, 2.05) is 24.3 Å². The minimum atomic E-state index is -0.183. The summed E-state index contributed by atoms with van der Waals surface area (Å²) in [7, 11) is 0. The van der Waals surface area contributed by atoms with E-state index >= 15 is 0 Å². The molecular formula is C24H27F. The Bertz CT molecular complexity index is 686. The first-order chi connectivity index (χ1) is 12.3. The van der Waals surface area contributed by atoms with Gasteiger partial charge in [0.15, 0.2) is 0 Å². The highest BCUT2D eigenvalue weighted by Gasteiger charge is 2.21. The van der Waals surface area contributed by atoms with Crippen LogP contribution in [0.3, 0.4) is 0 Å². The van der Waals surface area contributed by atoms with E-state index in [2.05, 4.69) is 36.9 Å². The van der Waals surface area contributed by atoms with E-state index in [1.54, 1.807) is 0 Å². The molecule has 1 fully saturated rings. The van der Waals surface area contributed by atoms with Crippen LogP contribution >= 0.6 is 0 Å². The summed E-state index contributed by atoms with van der Waals surface area (Å²) in [6, 6.07) is 15.6. The summed E-state index contributed by atoms with van der Waals surface area (Å²) in [6.07, 6.45) is 13.9. The molecule has 3 rings (SSSR count). The smallest absolute Gasteiger partial charge is 0.123 e. The van der Waals surface area contributed by atoms with Crippen LogP contribution in [0.25, 0.3) is 11.1 Å². The van der Waals surface area contributed by atoms with Crippen LogP contribution in [0.15, 0.2) is 73.3 Å². The van der Waals surface area contributed by atoms with Gasteiger partial charge in [0.2, 0.25) is 0 Å². The number of hydrogen-bond acceptors (Lipinski definition) is 0. The molecule has 0 radical (unpaired) electrons. The predicted molar refractivity (Wildman–Crippen MR) is 105 cm³/mol. The molecule has 1 saturated carbocycles. The molecule has 2 aromatic rings. The molecule has 0 aromatic heterocycles. The molecule has 1 aliphatic carbocycles. The SMILES string of the molecule is C=CC=CCCC1CCC(c2ccc(-c3ccc(F)cc3)cc2)CC1. The van der Waals surface area contributed by atoms with Crippen molar-refractivity contribution in [1.29, 1.82) is 0 Å². The Balaban J connectivity index is 1.54. The molecule has 0 aliphatic heterocycles. The molecule has 2 aromatic carbocycles. The number of halogens is 1. The van der Waals surface area contributed by atoms with E-state index in [1.165, 1.54) is 56.2 Å². The van der Waals surface area contributed by atoms with Gasteiger partial charge in [0, 0.05) is 0 Å². The normalized spacial score (nSPS) is 20.7. The molecule has 0 atom stereocenters. The van der Waals surface area contributed by atoms with Crippen LogP contribution in [0.4, 0.5) is 4.39 Å². The monoisotopic (exact) mass is 334 g/mol. The molecule has 0 unspecified atom stereocenters. The molecule has 0 saturated heterocycles. The van der Waals surface area contributed by atoms with Crippen LogP contribution in [0, 0.1) is 11.7 Å². The Hall–Kier alpha value is -2.15. The van der Waals surface area contributed by atoms with Gasteiger partial charge in [-0.05, 0) is 79.2 Å². The van der Waals surface area contributed by atoms with Crippen molar-refractivity contribution in [1.82, 2.24) is 0 Å². The second-order valence-corrected chi connectivity index (χ2v) is 7.09. The lowest BCUT2D eigenvalue weighted by Gasteiger charge is -2.28. The van der Waals surface area contributed by atoms with Crippen LogP contribution in [0.1, 0.15) is 50.0 Å². The maximum Gasteiger partial charge on any atom is 0.123 e. The molecular weight excluding hydrogens is 307 g/mol. The van der Waals surface area contributed by atoms with E-state index < -0.39 is 0 Å². The molecule has 0 heterocycles. The summed E-state index contributed by atoms with van der Waals surface area (Å²) in [4.78, 5) is 0. The quantitative estimate of drug-likeness (QED) is 0.487. The van der Waals surface area contributed by atoms with Crippen molar-refractivity contribution in [3.8, 4) is 11.1 Å². The summed E-state index contributed by atoms with van der Waals surface area (Å²) >= 11 is 0. The third-order valence-electron chi connectivity index (χ3n) is 5.42. The molecule has 0 N–H and O–H groups in total. The van der Waals surface area contributed by atoms with Crippen LogP contribution in [0.5, 0.6) is 0 Å². The zero-order chi connectivity index (χ0) is 17.5. The summed E-state index contributed by atoms with van der Waals surface area (Å²) < 4.78 is 13.0. The lowest BCUT2D eigenvalue weighted by atomic mass is 9.77. The maximum absolute atomic E-state index is 13.0. The molecule has 1 aliphatic rings. The highest BCUT2D eigenvalue weighted by molar-refractivity contribution is 5.63. The van der Waals surface area contributed by atoms with Crippen molar-refractivity contribution in [2.75, 3.05) is 0 Å². The third kappa shape index (κ3) is 4.92. The fraction of sp³-hybridized carbons (Fsp3) is 0.333. The van der Waals surface area contributed by atoms with Crippen LogP contribution in [-0.4, -0.2) is 0 Å². The molecule has 130 valence electrons. The molecule has 25 heavy (non-hydrogen) atoms. The highest BCUT2D eigenvalue weighted by Crippen LogP contribution is 2.38. The Morgan fingerprint density at radius 3 is 2.08 bits per heavy atom. The summed E-state index contributed by atoms with van der Waals surface area (Å²) in [5.41, 5.74) is 3.69. The highest BCUT2D eigenvalue weighted by atomic mass is 19.1. The van der Waals surface area contributed by atoms with E-state index in [-0.39, 0.29) is 5.82 Å². The average molecular weight is 334 g/mol. The predicted octanol–water partition coefficient (Wildman–Crippen LogP) is 7.29. The van der Waals surface area contributed by atoms with Crippen molar-refractivity contribution in [3.63, 3.8) is 0 Å². The van der Waals surface area contributed by atoms with Crippen LogP contribution in [0.2, 0.25) is 0 Å². The third-order valence-corrected chi connectivity index (χ3v) is 5.42. The largest absolute Gasteiger partial charge is 0.207 e. The minimum absolute atomic E-state index is 0.183. The zero-order valence-corrected chi connectivity index (χ0v) is 14.8. The standard InChI is InChI=1S/C24H27F/c1-2-3-4-5-6-19-7-9-20(10-8-19)21-11-13-22(14-12-21)23-15-17-24(25)18-16-23/h2-4,11-20H,1,5-10H2. The Morgan fingerprint density at radius 1 is 0.880 bits per heavy atom. The molecule has 0 spiro atoms. The zero-order valence-electron chi connectivity index (χ0n) is 14.8. The van der Waals surface area contributed by atoms with Crippen molar-refractivity contribution < 1.29 is 4.39 Å². The van der Waals surface area contributed by atoms with Crippen molar-refractivity contribution in [2.24, 2.45) is 5.92 Å². The first-order valence-electron chi connectivity index (χ1n) is 9.39. The number of allylic oxidation sites excluding steroid dienone is 3. The van der Waals surface area contributed by atoms with Gasteiger partial charge in [-0.3, -0.25) is 0 Å². The van der Waals surface area contributed by atoms with Gasteiger partial charge < -0.3 is 0 Å². The Kier molecular flexibility index (Phi) is 6.22. The van der Waals surface area contributed by atoms with Gasteiger partial charge in [-0.25, -0.2) is 4.39 Å². The summed E-state index contributed by atoms with van der Waals surface area (Å²) in [6.45, 7) is 3.71. The number of rotatable bonds is 6. The van der Waals surface area contributed by atoms with E-state index in [0.29, 0.717) is 5.92 Å². The minimum Gasteiger partial charge on any atom is -0.207 e. The van der Waals surface area contributed by atoms with Crippen LogP contribution < -0.4 is 0 Å². The maximum atomic E-state index is 13.0. The van der Waals surface area contributed by atoms with Crippen molar-refractivity contribution in [3.05, 3.63) is 84.7 Å². The lowest BCUT2D eigenvalue weighted by molar-refractivity contribution is 0.312. The average Bonchev–Trinajstić information content (AvgIpc) is 2.67. The van der Waals surface area contributed by atoms with Crippen molar-refractivity contribution in [2.45, 2.75) is 44.4 Å². The molecule has 0 bridgehead atoms. The van der Waals surface area contributed by atoms with E-state index in [4.69, 9.17) is 0 Å². The Labute approximate surface area is 151 Å². The lowest BCUT2D eigenvalue weighted by Crippen LogP contribution is -2.13. The Morgan fingerprint density at radius 2 is 1.48 bits per heavy atom. The second-order valence-electron chi connectivity index (χ2n) is 7.09. The first-order valence-corrected chi connectivity index (χ1v) is 9.39. The van der Waals surface area contributed by atoms with Gasteiger partial charge in [-0.2, -0.15) is 0 Å². The van der Waals surface area contributed by atoms with Crippen LogP contribution in [-0.2, 0) is 0 Å². The van der Waals surface area contributed by atoms with Gasteiger partial charge in [0.25, 0.3) is 0 Å². The topological polar surface area (TPSA) is 0 Å². The van der Waals surface area contributed by atoms with E-state index in [0.717, 1.165) is 17.0 Å². The summed E-state index contributed by atoms with van der Waals surface area (Å²) in [5.74, 6) is 1.39. The fourth-order valence-electron chi connectivity index (χ4n) is 3.90. The summed E-state index contributed by atoms with van der Waals surface area (Å²) in [5, 5.41) is 0. The first kappa shape index (κ1) is 17.7. The van der Waals surface area contributed by atoms with Gasteiger partial charge in [0.1, 0.15) is 5.82 Å². The number of benzene rings is 2. The van der Waals surface area contributed by atoms with Gasteiger partial charge >= 0.3 is 0 Å². The fourth-order valence-corrected chi connectivity index (χ4v) is 3.90. The van der Waals surface area contributed by atoms with Gasteiger partial charge in [-0.15, -0.1) is 0 Å². The van der Waals surface area contributed by atoms with Gasteiger partial charge in [-0.1, -0.05) is 61.2 Å². The number of hydrogen-bond donors (Lipinski definition) is 0. The molecule has 0 amide bonds. The second kappa shape index (κ2) is 8.80. The molecule has 1 heteroatoms. The van der Waals surface area contributed by atoms with Gasteiger partial charge in [0.05, 0.1) is 0 Å².